The summed E-state index contributed by atoms with van der Waals surface area (Å²) in [4.78, 5) is 8.82. The van der Waals surface area contributed by atoms with Crippen LogP contribution in [-0.4, -0.2) is 21.1 Å². The van der Waals surface area contributed by atoms with E-state index >= 15 is 0 Å². The molecule has 1 atom stereocenters. The van der Waals surface area contributed by atoms with Crippen molar-refractivity contribution < 1.29 is 0 Å². The number of imidazole rings is 1. The first-order valence-electron chi connectivity index (χ1n) is 6.00. The lowest BCUT2D eigenvalue weighted by Gasteiger charge is -2.15. The zero-order chi connectivity index (χ0) is 13.0. The standard InChI is InChI=1S/C13H17BrN4/c1-3-15-12(13-8-18(2)9-17-13)6-11-5-4-10(14)7-16-11/h4-5,7-9,12,15H,3,6H2,1-2H3. The van der Waals surface area contributed by atoms with Crippen molar-refractivity contribution >= 4 is 15.9 Å². The second-order valence-electron chi connectivity index (χ2n) is 4.25. The highest BCUT2D eigenvalue weighted by Gasteiger charge is 2.14. The smallest absolute Gasteiger partial charge is 0.0947 e. The lowest BCUT2D eigenvalue weighted by Crippen LogP contribution is -2.23. The van der Waals surface area contributed by atoms with Gasteiger partial charge in [0.2, 0.25) is 0 Å². The summed E-state index contributed by atoms with van der Waals surface area (Å²) in [5.74, 6) is 0. The zero-order valence-corrected chi connectivity index (χ0v) is 12.2. The second-order valence-corrected chi connectivity index (χ2v) is 5.16. The van der Waals surface area contributed by atoms with Crippen LogP contribution < -0.4 is 5.32 Å². The molecule has 2 aromatic heterocycles. The number of aromatic nitrogens is 3. The molecule has 0 aliphatic carbocycles. The van der Waals surface area contributed by atoms with Gasteiger partial charge >= 0.3 is 0 Å². The van der Waals surface area contributed by atoms with Gasteiger partial charge in [-0.2, -0.15) is 0 Å². The number of hydrogen-bond donors (Lipinski definition) is 1. The quantitative estimate of drug-likeness (QED) is 0.922. The maximum atomic E-state index is 4.41. The summed E-state index contributed by atoms with van der Waals surface area (Å²) in [7, 11) is 1.98. The van der Waals surface area contributed by atoms with Crippen molar-refractivity contribution in [3.05, 3.63) is 46.7 Å². The molecule has 1 unspecified atom stereocenters. The van der Waals surface area contributed by atoms with Crippen LogP contribution in [0.1, 0.15) is 24.4 Å². The van der Waals surface area contributed by atoms with Crippen LogP contribution in [-0.2, 0) is 13.5 Å². The van der Waals surface area contributed by atoms with Gasteiger partial charge in [-0.15, -0.1) is 0 Å². The summed E-state index contributed by atoms with van der Waals surface area (Å²) < 4.78 is 2.97. The third-order valence-corrected chi connectivity index (χ3v) is 3.20. The maximum Gasteiger partial charge on any atom is 0.0947 e. The fraction of sp³-hybridized carbons (Fsp3) is 0.385. The van der Waals surface area contributed by atoms with E-state index in [9.17, 15) is 0 Å². The number of rotatable bonds is 5. The van der Waals surface area contributed by atoms with E-state index in [1.54, 1.807) is 0 Å². The van der Waals surface area contributed by atoms with Crippen molar-refractivity contribution in [3.63, 3.8) is 0 Å². The van der Waals surface area contributed by atoms with Crippen LogP contribution in [0, 0.1) is 0 Å². The van der Waals surface area contributed by atoms with Crippen molar-refractivity contribution in [2.75, 3.05) is 6.54 Å². The molecule has 2 aromatic rings. The maximum absolute atomic E-state index is 4.41. The molecule has 0 spiro atoms. The normalized spacial score (nSPS) is 12.6. The minimum absolute atomic E-state index is 0.213. The molecule has 0 aromatic carbocycles. The number of likely N-dealkylation sites (N-methyl/N-ethyl adjacent to an activating group) is 1. The molecule has 0 amide bonds. The molecular weight excluding hydrogens is 292 g/mol. The van der Waals surface area contributed by atoms with E-state index in [2.05, 4.69) is 38.1 Å². The van der Waals surface area contributed by atoms with Gasteiger partial charge in [-0.05, 0) is 34.6 Å². The Hall–Kier alpha value is -1.20. The molecular formula is C13H17BrN4. The van der Waals surface area contributed by atoms with Crippen molar-refractivity contribution in [2.45, 2.75) is 19.4 Å². The number of hydrogen-bond acceptors (Lipinski definition) is 3. The molecule has 18 heavy (non-hydrogen) atoms. The van der Waals surface area contributed by atoms with E-state index in [1.165, 1.54) is 0 Å². The lowest BCUT2D eigenvalue weighted by molar-refractivity contribution is 0.533. The zero-order valence-electron chi connectivity index (χ0n) is 10.6. The molecule has 0 fully saturated rings. The van der Waals surface area contributed by atoms with E-state index in [1.807, 2.05) is 42.5 Å². The first-order valence-corrected chi connectivity index (χ1v) is 6.80. The van der Waals surface area contributed by atoms with Crippen LogP contribution in [0.25, 0.3) is 0 Å². The number of halogens is 1. The SMILES string of the molecule is CCNC(Cc1ccc(Br)cn1)c1cn(C)cn1. The highest BCUT2D eigenvalue weighted by atomic mass is 79.9. The predicted molar refractivity (Wildman–Crippen MR) is 75.3 cm³/mol. The Morgan fingerprint density at radius 1 is 1.39 bits per heavy atom. The molecule has 0 aliphatic rings. The van der Waals surface area contributed by atoms with E-state index < -0.39 is 0 Å². The Balaban J connectivity index is 2.13. The summed E-state index contributed by atoms with van der Waals surface area (Å²) in [5, 5.41) is 3.45. The summed E-state index contributed by atoms with van der Waals surface area (Å²) in [6.07, 6.45) is 6.55. The van der Waals surface area contributed by atoms with Crippen LogP contribution in [0.2, 0.25) is 0 Å². The molecule has 5 heteroatoms. The van der Waals surface area contributed by atoms with Gasteiger partial charge < -0.3 is 9.88 Å². The van der Waals surface area contributed by atoms with Gasteiger partial charge in [0.15, 0.2) is 0 Å². The van der Waals surface area contributed by atoms with Gasteiger partial charge in [0.1, 0.15) is 0 Å². The van der Waals surface area contributed by atoms with Crippen LogP contribution in [0.15, 0.2) is 35.3 Å². The molecule has 0 aliphatic heterocycles. The third kappa shape index (κ3) is 3.40. The number of pyridine rings is 1. The average molecular weight is 309 g/mol. The van der Waals surface area contributed by atoms with Gasteiger partial charge in [-0.3, -0.25) is 4.98 Å². The lowest BCUT2D eigenvalue weighted by atomic mass is 10.1. The molecule has 0 radical (unpaired) electrons. The summed E-state index contributed by atoms with van der Waals surface area (Å²) in [6, 6.07) is 4.27. The Bertz CT molecular complexity index is 492. The Kier molecular flexibility index (Phi) is 4.49. The Labute approximate surface area is 116 Å². The van der Waals surface area contributed by atoms with Gasteiger partial charge in [0, 0.05) is 36.0 Å². The first-order chi connectivity index (χ1) is 8.69. The van der Waals surface area contributed by atoms with Crippen molar-refractivity contribution in [1.29, 1.82) is 0 Å². The fourth-order valence-electron chi connectivity index (χ4n) is 1.88. The minimum Gasteiger partial charge on any atom is -0.340 e. The highest BCUT2D eigenvalue weighted by Crippen LogP contribution is 2.16. The molecule has 2 heterocycles. The van der Waals surface area contributed by atoms with Crippen LogP contribution in [0.3, 0.4) is 0 Å². The van der Waals surface area contributed by atoms with Crippen LogP contribution in [0.5, 0.6) is 0 Å². The monoisotopic (exact) mass is 308 g/mol. The summed E-state index contributed by atoms with van der Waals surface area (Å²) in [6.45, 7) is 3.02. The van der Waals surface area contributed by atoms with Gasteiger partial charge in [0.05, 0.1) is 18.1 Å². The highest BCUT2D eigenvalue weighted by molar-refractivity contribution is 9.10. The topological polar surface area (TPSA) is 42.7 Å². The molecule has 0 bridgehead atoms. The Morgan fingerprint density at radius 3 is 2.78 bits per heavy atom. The number of nitrogens with one attached hydrogen (secondary N) is 1. The van der Waals surface area contributed by atoms with Crippen molar-refractivity contribution in [3.8, 4) is 0 Å². The van der Waals surface area contributed by atoms with E-state index in [4.69, 9.17) is 0 Å². The van der Waals surface area contributed by atoms with E-state index in [0.29, 0.717) is 0 Å². The molecule has 0 saturated carbocycles. The minimum atomic E-state index is 0.213. The summed E-state index contributed by atoms with van der Waals surface area (Å²) >= 11 is 3.40. The largest absolute Gasteiger partial charge is 0.340 e. The van der Waals surface area contributed by atoms with Gasteiger partial charge in [0.25, 0.3) is 0 Å². The molecule has 4 nitrogen and oxygen atoms in total. The number of aryl methyl sites for hydroxylation is 1. The molecule has 96 valence electrons. The van der Waals surface area contributed by atoms with Crippen molar-refractivity contribution in [1.82, 2.24) is 19.9 Å². The van der Waals surface area contributed by atoms with Crippen LogP contribution >= 0.6 is 15.9 Å². The van der Waals surface area contributed by atoms with Gasteiger partial charge in [-0.1, -0.05) is 6.92 Å². The molecule has 2 rings (SSSR count). The summed E-state index contributed by atoms with van der Waals surface area (Å²) in [5.41, 5.74) is 2.12. The molecule has 1 N–H and O–H groups in total. The fourth-order valence-corrected chi connectivity index (χ4v) is 2.11. The van der Waals surface area contributed by atoms with E-state index in [0.717, 1.165) is 28.8 Å². The van der Waals surface area contributed by atoms with Crippen LogP contribution in [0.4, 0.5) is 0 Å². The van der Waals surface area contributed by atoms with Crippen molar-refractivity contribution in [2.24, 2.45) is 7.05 Å². The first kappa shape index (κ1) is 13.2. The average Bonchev–Trinajstić information content (AvgIpc) is 2.78. The third-order valence-electron chi connectivity index (χ3n) is 2.73. The predicted octanol–water partition coefficient (Wildman–Crippen LogP) is 2.47. The number of nitrogens with zero attached hydrogens (tertiary/aromatic N) is 3. The Morgan fingerprint density at radius 2 is 2.22 bits per heavy atom. The molecule has 0 saturated heterocycles. The second kappa shape index (κ2) is 6.11. The van der Waals surface area contributed by atoms with Gasteiger partial charge in [-0.25, -0.2) is 4.98 Å². The van der Waals surface area contributed by atoms with E-state index in [-0.39, 0.29) is 6.04 Å².